The number of aromatic nitrogens is 3. The first-order valence-corrected chi connectivity index (χ1v) is 6.44. The average molecular weight is 249 g/mol. The predicted molar refractivity (Wildman–Crippen MR) is 67.5 cm³/mol. The van der Waals surface area contributed by atoms with E-state index < -0.39 is 0 Å². The maximum absolute atomic E-state index is 12.2. The van der Waals surface area contributed by atoms with Crippen molar-refractivity contribution in [3.63, 3.8) is 0 Å². The topological polar surface area (TPSA) is 47.8 Å². The molecule has 0 aliphatic carbocycles. The van der Waals surface area contributed by atoms with Gasteiger partial charge in [-0.25, -0.2) is 4.98 Å². The third kappa shape index (κ3) is 2.44. The lowest BCUT2D eigenvalue weighted by Gasteiger charge is -1.95. The third-order valence-electron chi connectivity index (χ3n) is 2.46. The molecule has 0 atom stereocenters. The lowest BCUT2D eigenvalue weighted by atomic mass is 10.2. The normalized spacial score (nSPS) is 10.8. The molecule has 2 aromatic rings. The summed E-state index contributed by atoms with van der Waals surface area (Å²) >= 11 is 1.44. The van der Waals surface area contributed by atoms with Gasteiger partial charge in [-0.2, -0.15) is 5.10 Å². The molecule has 0 saturated heterocycles. The zero-order valence-corrected chi connectivity index (χ0v) is 11.0. The van der Waals surface area contributed by atoms with E-state index in [9.17, 15) is 4.79 Å². The van der Waals surface area contributed by atoms with Gasteiger partial charge in [0.25, 0.3) is 0 Å². The van der Waals surface area contributed by atoms with Gasteiger partial charge in [0, 0.05) is 12.7 Å². The van der Waals surface area contributed by atoms with E-state index in [1.165, 1.54) is 11.3 Å². The van der Waals surface area contributed by atoms with E-state index in [2.05, 4.69) is 17.0 Å². The molecule has 0 unspecified atom stereocenters. The van der Waals surface area contributed by atoms with Gasteiger partial charge in [-0.3, -0.25) is 9.48 Å². The van der Waals surface area contributed by atoms with Gasteiger partial charge < -0.3 is 0 Å². The molecular formula is C12H15N3OS. The summed E-state index contributed by atoms with van der Waals surface area (Å²) in [5, 5.41) is 5.09. The van der Waals surface area contributed by atoms with Crippen molar-refractivity contribution >= 4 is 17.1 Å². The summed E-state index contributed by atoms with van der Waals surface area (Å²) in [7, 11) is 0. The Bertz CT molecular complexity index is 542. The maximum atomic E-state index is 12.2. The summed E-state index contributed by atoms with van der Waals surface area (Å²) in [6.07, 6.45) is 4.45. The fourth-order valence-electron chi connectivity index (χ4n) is 1.71. The molecule has 0 fully saturated rings. The van der Waals surface area contributed by atoms with Gasteiger partial charge in [-0.15, -0.1) is 11.3 Å². The van der Waals surface area contributed by atoms with E-state index >= 15 is 0 Å². The first-order chi connectivity index (χ1) is 8.11. The first kappa shape index (κ1) is 12.0. The molecule has 0 amide bonds. The minimum Gasteiger partial charge on any atom is -0.287 e. The molecule has 2 aromatic heterocycles. The van der Waals surface area contributed by atoms with E-state index in [-0.39, 0.29) is 5.78 Å². The fraction of sp³-hybridized carbons (Fsp3) is 0.417. The average Bonchev–Trinajstić information content (AvgIpc) is 2.85. The van der Waals surface area contributed by atoms with Gasteiger partial charge in [-0.05, 0) is 20.3 Å². The summed E-state index contributed by atoms with van der Waals surface area (Å²) in [6.45, 7) is 6.70. The van der Waals surface area contributed by atoms with Gasteiger partial charge in [0.1, 0.15) is 0 Å². The highest BCUT2D eigenvalue weighted by molar-refractivity contribution is 7.14. The van der Waals surface area contributed by atoms with Crippen LogP contribution in [0.25, 0.3) is 0 Å². The number of rotatable bonds is 4. The van der Waals surface area contributed by atoms with Gasteiger partial charge in [-0.1, -0.05) is 6.92 Å². The summed E-state index contributed by atoms with van der Waals surface area (Å²) in [5.41, 5.74) is 1.45. The van der Waals surface area contributed by atoms with Crippen LogP contribution in [0.4, 0.5) is 0 Å². The molecule has 0 N–H and O–H groups in total. The number of hydrogen-bond donors (Lipinski definition) is 0. The van der Waals surface area contributed by atoms with Crippen LogP contribution >= 0.6 is 11.3 Å². The molecule has 0 radical (unpaired) electrons. The van der Waals surface area contributed by atoms with Crippen LogP contribution < -0.4 is 0 Å². The Morgan fingerprint density at radius 3 is 2.82 bits per heavy atom. The Labute approximate surface area is 104 Å². The molecule has 0 bridgehead atoms. The summed E-state index contributed by atoms with van der Waals surface area (Å²) in [6, 6.07) is 0. The van der Waals surface area contributed by atoms with Gasteiger partial charge in [0.2, 0.25) is 5.78 Å². The Balaban J connectivity index is 2.27. The molecule has 2 rings (SSSR count). The Morgan fingerprint density at radius 1 is 1.47 bits per heavy atom. The molecular weight excluding hydrogens is 234 g/mol. The van der Waals surface area contributed by atoms with Crippen molar-refractivity contribution in [2.75, 3.05) is 0 Å². The minimum atomic E-state index is 0.0236. The second kappa shape index (κ2) is 4.79. The lowest BCUT2D eigenvalue weighted by Crippen LogP contribution is -2.00. The number of hydrogen-bond acceptors (Lipinski definition) is 4. The van der Waals surface area contributed by atoms with Crippen LogP contribution in [0, 0.1) is 13.8 Å². The second-order valence-electron chi connectivity index (χ2n) is 3.97. The molecule has 5 heteroatoms. The molecule has 4 nitrogen and oxygen atoms in total. The SMILES string of the molecule is CCCn1cc(C(=O)c2sc(C)nc2C)cn1. The van der Waals surface area contributed by atoms with Crippen molar-refractivity contribution in [1.29, 1.82) is 0 Å². The quantitative estimate of drug-likeness (QED) is 0.782. The third-order valence-corrected chi connectivity index (χ3v) is 3.53. The second-order valence-corrected chi connectivity index (χ2v) is 5.17. The van der Waals surface area contributed by atoms with Crippen LogP contribution in [-0.2, 0) is 6.54 Å². The molecule has 90 valence electrons. The number of carbonyl (C=O) groups excluding carboxylic acids is 1. The van der Waals surface area contributed by atoms with Crippen LogP contribution in [0.3, 0.4) is 0 Å². The van der Waals surface area contributed by atoms with Crippen LogP contribution in [0.15, 0.2) is 12.4 Å². The Morgan fingerprint density at radius 2 is 2.24 bits per heavy atom. The lowest BCUT2D eigenvalue weighted by molar-refractivity contribution is 0.104. The molecule has 2 heterocycles. The summed E-state index contributed by atoms with van der Waals surface area (Å²) in [5.74, 6) is 0.0236. The van der Waals surface area contributed by atoms with Crippen molar-refractivity contribution in [2.45, 2.75) is 33.7 Å². The van der Waals surface area contributed by atoms with Crippen LogP contribution in [0.1, 0.15) is 39.3 Å². The largest absolute Gasteiger partial charge is 0.287 e. The summed E-state index contributed by atoms with van der Waals surface area (Å²) in [4.78, 5) is 17.2. The highest BCUT2D eigenvalue weighted by atomic mass is 32.1. The molecule has 0 spiro atoms. The predicted octanol–water partition coefficient (Wildman–Crippen LogP) is 2.60. The van der Waals surface area contributed by atoms with E-state index in [4.69, 9.17) is 0 Å². The highest BCUT2D eigenvalue weighted by Crippen LogP contribution is 2.20. The van der Waals surface area contributed by atoms with Crippen molar-refractivity contribution in [3.05, 3.63) is 33.5 Å². The minimum absolute atomic E-state index is 0.0236. The van der Waals surface area contributed by atoms with E-state index in [1.54, 1.807) is 17.1 Å². The number of aryl methyl sites for hydroxylation is 3. The monoisotopic (exact) mass is 249 g/mol. The van der Waals surface area contributed by atoms with Gasteiger partial charge in [0.15, 0.2) is 0 Å². The van der Waals surface area contributed by atoms with Gasteiger partial charge >= 0.3 is 0 Å². The molecule has 0 saturated carbocycles. The molecule has 0 aliphatic heterocycles. The number of carbonyl (C=O) groups is 1. The number of nitrogens with zero attached hydrogens (tertiary/aromatic N) is 3. The maximum Gasteiger partial charge on any atom is 0.208 e. The Kier molecular flexibility index (Phi) is 3.38. The van der Waals surface area contributed by atoms with Crippen LogP contribution in [0.5, 0.6) is 0 Å². The molecule has 0 aliphatic rings. The van der Waals surface area contributed by atoms with Crippen LogP contribution in [-0.4, -0.2) is 20.5 Å². The smallest absolute Gasteiger partial charge is 0.208 e. The van der Waals surface area contributed by atoms with Crippen molar-refractivity contribution < 1.29 is 4.79 Å². The number of ketones is 1. The zero-order valence-electron chi connectivity index (χ0n) is 10.2. The van der Waals surface area contributed by atoms with Gasteiger partial charge in [0.05, 0.1) is 27.3 Å². The standard InChI is InChI=1S/C12H15N3OS/c1-4-5-15-7-10(6-13-15)11(16)12-8(2)14-9(3)17-12/h6-7H,4-5H2,1-3H3. The van der Waals surface area contributed by atoms with Crippen molar-refractivity contribution in [2.24, 2.45) is 0 Å². The fourth-order valence-corrected chi connectivity index (χ4v) is 2.59. The van der Waals surface area contributed by atoms with Crippen molar-refractivity contribution in [3.8, 4) is 0 Å². The van der Waals surface area contributed by atoms with E-state index in [1.807, 2.05) is 13.8 Å². The van der Waals surface area contributed by atoms with Crippen LogP contribution in [0.2, 0.25) is 0 Å². The Hall–Kier alpha value is -1.49. The van der Waals surface area contributed by atoms with E-state index in [0.717, 1.165) is 28.5 Å². The highest BCUT2D eigenvalue weighted by Gasteiger charge is 2.17. The molecule has 17 heavy (non-hydrogen) atoms. The summed E-state index contributed by atoms with van der Waals surface area (Å²) < 4.78 is 1.80. The zero-order chi connectivity index (χ0) is 12.4. The first-order valence-electron chi connectivity index (χ1n) is 5.63. The van der Waals surface area contributed by atoms with E-state index in [0.29, 0.717) is 5.56 Å². The number of thiazole rings is 1. The molecule has 0 aromatic carbocycles. The van der Waals surface area contributed by atoms with Crippen molar-refractivity contribution in [1.82, 2.24) is 14.8 Å².